The molecule has 0 aliphatic heterocycles. The molecule has 2 aromatic rings. The van der Waals surface area contributed by atoms with Crippen molar-refractivity contribution in [2.45, 2.75) is 0 Å². The second-order valence-corrected chi connectivity index (χ2v) is 3.31. The molecule has 0 amide bonds. The molecular formula is C7H7BrN6O2. The van der Waals surface area contributed by atoms with Gasteiger partial charge < -0.3 is 9.47 Å². The van der Waals surface area contributed by atoms with E-state index in [0.29, 0.717) is 16.4 Å². The number of halogens is 1. The lowest BCUT2D eigenvalue weighted by Crippen LogP contribution is -2.06. The summed E-state index contributed by atoms with van der Waals surface area (Å²) in [6.07, 6.45) is 1.45. The molecule has 0 unspecified atom stereocenters. The monoisotopic (exact) mass is 286 g/mol. The molecule has 84 valence electrons. The van der Waals surface area contributed by atoms with Gasteiger partial charge in [0.25, 0.3) is 5.88 Å². The van der Waals surface area contributed by atoms with Crippen LogP contribution in [0.3, 0.4) is 0 Å². The van der Waals surface area contributed by atoms with Crippen molar-refractivity contribution in [1.82, 2.24) is 30.2 Å². The second-order valence-electron chi connectivity index (χ2n) is 2.60. The van der Waals surface area contributed by atoms with Gasteiger partial charge in [-0.15, -0.1) is 5.10 Å². The number of hydrogen-bond donors (Lipinski definition) is 0. The largest absolute Gasteiger partial charge is 0.480 e. The number of aromatic nitrogens is 6. The lowest BCUT2D eigenvalue weighted by Gasteiger charge is -2.06. The Hall–Kier alpha value is -1.77. The van der Waals surface area contributed by atoms with Crippen molar-refractivity contribution in [1.29, 1.82) is 0 Å². The van der Waals surface area contributed by atoms with E-state index < -0.39 is 0 Å². The molecule has 0 saturated carbocycles. The van der Waals surface area contributed by atoms with Gasteiger partial charge in [0.1, 0.15) is 0 Å². The number of tetrazole rings is 1. The molecule has 0 saturated heterocycles. The molecule has 2 aromatic heterocycles. The van der Waals surface area contributed by atoms with Gasteiger partial charge in [0, 0.05) is 0 Å². The Morgan fingerprint density at radius 3 is 2.69 bits per heavy atom. The summed E-state index contributed by atoms with van der Waals surface area (Å²) >= 11 is 3.17. The van der Waals surface area contributed by atoms with E-state index in [4.69, 9.17) is 9.47 Å². The summed E-state index contributed by atoms with van der Waals surface area (Å²) < 4.78 is 11.8. The smallest absolute Gasteiger partial charge is 0.263 e. The average molecular weight is 287 g/mol. The van der Waals surface area contributed by atoms with E-state index in [1.54, 1.807) is 0 Å². The van der Waals surface area contributed by atoms with Crippen LogP contribution in [0.5, 0.6) is 11.8 Å². The van der Waals surface area contributed by atoms with Crippen molar-refractivity contribution in [3.8, 4) is 17.6 Å². The Morgan fingerprint density at radius 2 is 2.12 bits per heavy atom. The molecule has 0 aromatic carbocycles. The molecule has 16 heavy (non-hydrogen) atoms. The number of methoxy groups -OCH3 is 2. The Balaban J connectivity index is 2.53. The van der Waals surface area contributed by atoms with Gasteiger partial charge in [-0.25, -0.2) is 4.98 Å². The standard InChI is InChI=1S/C7H7BrN6O2/c1-15-4-3-9-5(6(10-4)16-2)14-7(8)11-12-13-14/h3H,1-2H3. The minimum atomic E-state index is 0.271. The number of nitrogens with zero attached hydrogens (tertiary/aromatic N) is 6. The molecule has 8 nitrogen and oxygen atoms in total. The van der Waals surface area contributed by atoms with Crippen LogP contribution in [0.15, 0.2) is 10.9 Å². The summed E-state index contributed by atoms with van der Waals surface area (Å²) in [6.45, 7) is 0. The molecule has 0 fully saturated rings. The minimum Gasteiger partial charge on any atom is -0.480 e. The Kier molecular flexibility index (Phi) is 2.95. The first-order valence-electron chi connectivity index (χ1n) is 4.15. The topological polar surface area (TPSA) is 87.8 Å². The lowest BCUT2D eigenvalue weighted by molar-refractivity contribution is 0.358. The Morgan fingerprint density at radius 1 is 1.31 bits per heavy atom. The van der Waals surface area contributed by atoms with E-state index in [2.05, 4.69) is 41.4 Å². The highest BCUT2D eigenvalue weighted by Crippen LogP contribution is 2.21. The first-order valence-corrected chi connectivity index (χ1v) is 4.95. The fourth-order valence-corrected chi connectivity index (χ4v) is 1.35. The van der Waals surface area contributed by atoms with E-state index in [9.17, 15) is 0 Å². The third kappa shape index (κ3) is 1.81. The quantitative estimate of drug-likeness (QED) is 0.798. The summed E-state index contributed by atoms with van der Waals surface area (Å²) in [7, 11) is 2.97. The average Bonchev–Trinajstić information content (AvgIpc) is 2.74. The van der Waals surface area contributed by atoms with E-state index in [0.717, 1.165) is 0 Å². The molecule has 2 rings (SSSR count). The van der Waals surface area contributed by atoms with Crippen LogP contribution in [-0.2, 0) is 0 Å². The van der Waals surface area contributed by atoms with Crippen molar-refractivity contribution in [3.05, 3.63) is 10.9 Å². The highest BCUT2D eigenvalue weighted by atomic mass is 79.9. The van der Waals surface area contributed by atoms with Gasteiger partial charge in [-0.2, -0.15) is 9.67 Å². The second kappa shape index (κ2) is 4.39. The van der Waals surface area contributed by atoms with Crippen LogP contribution in [0, 0.1) is 0 Å². The fraction of sp³-hybridized carbons (Fsp3) is 0.286. The minimum absolute atomic E-state index is 0.271. The molecule has 9 heteroatoms. The first kappa shape index (κ1) is 10.7. The molecule has 0 aliphatic rings. The van der Waals surface area contributed by atoms with Crippen LogP contribution in [0.1, 0.15) is 0 Å². The van der Waals surface area contributed by atoms with E-state index in [1.807, 2.05) is 0 Å². The van der Waals surface area contributed by atoms with Crippen molar-refractivity contribution in [2.75, 3.05) is 14.2 Å². The molecule has 0 aliphatic carbocycles. The van der Waals surface area contributed by atoms with Crippen molar-refractivity contribution in [3.63, 3.8) is 0 Å². The van der Waals surface area contributed by atoms with Crippen LogP contribution in [0.2, 0.25) is 0 Å². The molecule has 0 atom stereocenters. The van der Waals surface area contributed by atoms with Gasteiger partial charge in [0.05, 0.1) is 20.4 Å². The summed E-state index contributed by atoms with van der Waals surface area (Å²) in [5.41, 5.74) is 0. The summed E-state index contributed by atoms with van der Waals surface area (Å²) in [6, 6.07) is 0. The van der Waals surface area contributed by atoms with Gasteiger partial charge in [-0.05, 0) is 26.4 Å². The third-order valence-corrected chi connectivity index (χ3v) is 2.23. The molecule has 0 spiro atoms. The van der Waals surface area contributed by atoms with Crippen LogP contribution in [0.25, 0.3) is 5.82 Å². The SMILES string of the molecule is COc1cnc(-n2nnnc2Br)c(OC)n1. The highest BCUT2D eigenvalue weighted by Gasteiger charge is 2.14. The highest BCUT2D eigenvalue weighted by molar-refractivity contribution is 9.10. The van der Waals surface area contributed by atoms with E-state index in [-0.39, 0.29) is 5.88 Å². The maximum Gasteiger partial charge on any atom is 0.263 e. The number of rotatable bonds is 3. The predicted molar refractivity (Wildman–Crippen MR) is 55.5 cm³/mol. The van der Waals surface area contributed by atoms with E-state index in [1.165, 1.54) is 25.1 Å². The molecule has 0 bridgehead atoms. The van der Waals surface area contributed by atoms with Gasteiger partial charge >= 0.3 is 0 Å². The number of hydrogen-bond acceptors (Lipinski definition) is 7. The van der Waals surface area contributed by atoms with Gasteiger partial charge in [-0.3, -0.25) is 0 Å². The molecule has 2 heterocycles. The zero-order valence-corrected chi connectivity index (χ0v) is 10.0. The van der Waals surface area contributed by atoms with Crippen LogP contribution >= 0.6 is 15.9 Å². The summed E-state index contributed by atoms with van der Waals surface area (Å²) in [5.74, 6) is 0.998. The maximum absolute atomic E-state index is 5.08. The van der Waals surface area contributed by atoms with Crippen molar-refractivity contribution < 1.29 is 9.47 Å². The normalized spacial score (nSPS) is 10.2. The van der Waals surface area contributed by atoms with Crippen molar-refractivity contribution >= 4 is 15.9 Å². The van der Waals surface area contributed by atoms with Gasteiger partial charge in [-0.1, -0.05) is 0 Å². The summed E-state index contributed by atoms with van der Waals surface area (Å²) in [4.78, 5) is 8.16. The molecule has 0 radical (unpaired) electrons. The number of ether oxygens (including phenoxy) is 2. The van der Waals surface area contributed by atoms with Crippen LogP contribution < -0.4 is 9.47 Å². The van der Waals surface area contributed by atoms with Crippen molar-refractivity contribution in [2.24, 2.45) is 0 Å². The first-order chi connectivity index (χ1) is 7.76. The molecular weight excluding hydrogens is 280 g/mol. The van der Waals surface area contributed by atoms with Crippen LogP contribution in [0.4, 0.5) is 0 Å². The van der Waals surface area contributed by atoms with E-state index >= 15 is 0 Å². The maximum atomic E-state index is 5.08. The zero-order valence-electron chi connectivity index (χ0n) is 8.46. The van der Waals surface area contributed by atoms with Gasteiger partial charge in [0.2, 0.25) is 16.4 Å². The van der Waals surface area contributed by atoms with Crippen LogP contribution in [-0.4, -0.2) is 44.4 Å². The Labute approximate surface area is 98.7 Å². The molecule has 0 N–H and O–H groups in total. The lowest BCUT2D eigenvalue weighted by atomic mass is 10.6. The summed E-state index contributed by atoms with van der Waals surface area (Å²) in [5, 5.41) is 10.9. The third-order valence-electron chi connectivity index (χ3n) is 1.73. The van der Waals surface area contributed by atoms with Gasteiger partial charge in [0.15, 0.2) is 0 Å². The zero-order chi connectivity index (χ0) is 11.5. The Bertz CT molecular complexity index is 501. The predicted octanol–water partition coefficient (Wildman–Crippen LogP) is 0.232. The fourth-order valence-electron chi connectivity index (χ4n) is 1.04.